The van der Waals surface area contributed by atoms with Crippen molar-refractivity contribution in [3.05, 3.63) is 64.9 Å². The number of rotatable bonds is 4. The smallest absolute Gasteiger partial charge is 0.160 e. The Bertz CT molecular complexity index is 1290. The quantitative estimate of drug-likeness (QED) is 0.400. The summed E-state index contributed by atoms with van der Waals surface area (Å²) in [5.41, 5.74) is 3.33. The maximum atomic E-state index is 10.9. The van der Waals surface area contributed by atoms with Gasteiger partial charge in [-0.1, -0.05) is 61.3 Å². The second kappa shape index (κ2) is 8.60. The van der Waals surface area contributed by atoms with Gasteiger partial charge in [0.05, 0.1) is 16.3 Å². The van der Waals surface area contributed by atoms with Gasteiger partial charge in [-0.25, -0.2) is 14.6 Å². The number of fused-ring (bicyclic) bond motifs is 1. The molecule has 0 atom stereocenters. The van der Waals surface area contributed by atoms with Crippen LogP contribution in [-0.4, -0.2) is 43.5 Å². The molecule has 5 rings (SSSR count). The molecule has 2 aromatic carbocycles. The van der Waals surface area contributed by atoms with Crippen molar-refractivity contribution in [3.8, 4) is 16.9 Å². The summed E-state index contributed by atoms with van der Waals surface area (Å²) >= 11 is 12.7. The fourth-order valence-corrected chi connectivity index (χ4v) is 4.81. The maximum Gasteiger partial charge on any atom is 0.160 e. The maximum absolute atomic E-state index is 10.9. The number of hydrogen-bond donors (Lipinski definition) is 1. The molecule has 1 aliphatic heterocycles. The molecule has 2 aromatic heterocycles. The molecule has 0 amide bonds. The Morgan fingerprint density at radius 1 is 0.939 bits per heavy atom. The predicted molar refractivity (Wildman–Crippen MR) is 133 cm³/mol. The standard InChI is InChI=1S/C25H25Cl2N5O/c1-16(2)25(33)11-13-31(14-12-25)24-22-21(28-15-29-24)23(17-7-9-18(26)10-8-17)32(30-22)20-6-4-3-5-19(20)27/h3-10,15-16,33H,11-14H2,1-2H3. The van der Waals surface area contributed by atoms with Crippen molar-refractivity contribution in [2.45, 2.75) is 32.3 Å². The van der Waals surface area contributed by atoms with Crippen LogP contribution in [0.4, 0.5) is 5.82 Å². The number of benzene rings is 2. The van der Waals surface area contributed by atoms with E-state index in [1.165, 1.54) is 0 Å². The largest absolute Gasteiger partial charge is 0.389 e. The van der Waals surface area contributed by atoms with Gasteiger partial charge in [0.15, 0.2) is 11.3 Å². The lowest BCUT2D eigenvalue weighted by molar-refractivity contribution is -0.0262. The fourth-order valence-electron chi connectivity index (χ4n) is 4.46. The van der Waals surface area contributed by atoms with Gasteiger partial charge < -0.3 is 10.0 Å². The first-order valence-electron chi connectivity index (χ1n) is 11.1. The molecule has 0 saturated carbocycles. The Balaban J connectivity index is 1.67. The van der Waals surface area contributed by atoms with Crippen LogP contribution < -0.4 is 4.90 Å². The molecule has 1 saturated heterocycles. The van der Waals surface area contributed by atoms with Gasteiger partial charge in [-0.2, -0.15) is 5.10 Å². The number of para-hydroxylation sites is 1. The average molecular weight is 482 g/mol. The van der Waals surface area contributed by atoms with E-state index in [9.17, 15) is 5.11 Å². The van der Waals surface area contributed by atoms with Gasteiger partial charge in [0.2, 0.25) is 0 Å². The monoisotopic (exact) mass is 481 g/mol. The van der Waals surface area contributed by atoms with Gasteiger partial charge in [0, 0.05) is 23.7 Å². The molecule has 4 aromatic rings. The third kappa shape index (κ3) is 3.97. The van der Waals surface area contributed by atoms with E-state index < -0.39 is 5.60 Å². The van der Waals surface area contributed by atoms with E-state index in [4.69, 9.17) is 28.3 Å². The number of anilines is 1. The van der Waals surface area contributed by atoms with E-state index >= 15 is 0 Å². The highest BCUT2D eigenvalue weighted by molar-refractivity contribution is 6.32. The molecule has 1 fully saturated rings. The van der Waals surface area contributed by atoms with Crippen molar-refractivity contribution in [1.29, 1.82) is 0 Å². The van der Waals surface area contributed by atoms with Crippen LogP contribution in [0.1, 0.15) is 26.7 Å². The second-order valence-corrected chi connectivity index (χ2v) is 9.70. The van der Waals surface area contributed by atoms with Crippen LogP contribution in [0, 0.1) is 5.92 Å². The number of aliphatic hydroxyl groups is 1. The molecule has 33 heavy (non-hydrogen) atoms. The van der Waals surface area contributed by atoms with E-state index in [2.05, 4.69) is 28.7 Å². The molecule has 8 heteroatoms. The van der Waals surface area contributed by atoms with E-state index in [-0.39, 0.29) is 5.92 Å². The number of aromatic nitrogens is 4. The van der Waals surface area contributed by atoms with Gasteiger partial charge in [0.1, 0.15) is 17.5 Å². The average Bonchev–Trinajstić information content (AvgIpc) is 3.20. The highest BCUT2D eigenvalue weighted by atomic mass is 35.5. The lowest BCUT2D eigenvalue weighted by Crippen LogP contribution is -2.47. The fraction of sp³-hybridized carbons (Fsp3) is 0.320. The third-order valence-corrected chi connectivity index (χ3v) is 7.21. The minimum atomic E-state index is -0.645. The molecular weight excluding hydrogens is 457 g/mol. The van der Waals surface area contributed by atoms with E-state index in [1.54, 1.807) is 6.33 Å². The summed E-state index contributed by atoms with van der Waals surface area (Å²) in [7, 11) is 0. The van der Waals surface area contributed by atoms with Gasteiger partial charge in [0.25, 0.3) is 0 Å². The summed E-state index contributed by atoms with van der Waals surface area (Å²) in [5.74, 6) is 0.979. The van der Waals surface area contributed by atoms with Crippen molar-refractivity contribution in [3.63, 3.8) is 0 Å². The van der Waals surface area contributed by atoms with Crippen LogP contribution in [-0.2, 0) is 0 Å². The number of hydrogen-bond acceptors (Lipinski definition) is 5. The van der Waals surface area contributed by atoms with Crippen molar-refractivity contribution in [2.75, 3.05) is 18.0 Å². The Hall–Kier alpha value is -2.67. The van der Waals surface area contributed by atoms with Crippen molar-refractivity contribution in [1.82, 2.24) is 19.7 Å². The number of piperidine rings is 1. The van der Waals surface area contributed by atoms with Crippen molar-refractivity contribution < 1.29 is 5.11 Å². The van der Waals surface area contributed by atoms with E-state index in [0.29, 0.717) is 41.5 Å². The van der Waals surface area contributed by atoms with Crippen LogP contribution in [0.25, 0.3) is 28.0 Å². The molecular formula is C25H25Cl2N5O. The normalized spacial score (nSPS) is 16.0. The molecule has 170 valence electrons. The second-order valence-electron chi connectivity index (χ2n) is 8.86. The Morgan fingerprint density at radius 3 is 2.30 bits per heavy atom. The Morgan fingerprint density at radius 2 is 1.64 bits per heavy atom. The third-order valence-electron chi connectivity index (χ3n) is 6.64. The molecule has 3 heterocycles. The molecule has 6 nitrogen and oxygen atoms in total. The molecule has 0 aliphatic carbocycles. The van der Waals surface area contributed by atoms with Crippen LogP contribution in [0.15, 0.2) is 54.9 Å². The van der Waals surface area contributed by atoms with Gasteiger partial charge >= 0.3 is 0 Å². The number of nitrogens with zero attached hydrogens (tertiary/aromatic N) is 5. The molecule has 1 N–H and O–H groups in total. The lowest BCUT2D eigenvalue weighted by atomic mass is 9.81. The predicted octanol–water partition coefficient (Wildman–Crippen LogP) is 5.78. The van der Waals surface area contributed by atoms with Gasteiger partial charge in [-0.15, -0.1) is 0 Å². The molecule has 0 unspecified atom stereocenters. The summed E-state index contributed by atoms with van der Waals surface area (Å²) in [6.45, 7) is 5.55. The first-order valence-corrected chi connectivity index (χ1v) is 11.8. The SMILES string of the molecule is CC(C)C1(O)CCN(c2ncnc3c(-c4ccc(Cl)cc4)n(-c4ccccc4Cl)nc23)CC1. The molecule has 1 aliphatic rings. The highest BCUT2D eigenvalue weighted by Gasteiger charge is 2.36. The molecule has 0 radical (unpaired) electrons. The van der Waals surface area contributed by atoms with Gasteiger partial charge in [-0.05, 0) is 43.0 Å². The summed E-state index contributed by atoms with van der Waals surface area (Å²) < 4.78 is 1.84. The summed E-state index contributed by atoms with van der Waals surface area (Å²) in [5, 5.41) is 17.1. The summed E-state index contributed by atoms with van der Waals surface area (Å²) in [4.78, 5) is 11.4. The first kappa shape index (κ1) is 22.1. The van der Waals surface area contributed by atoms with Crippen LogP contribution in [0.5, 0.6) is 0 Å². The molecule has 0 spiro atoms. The Labute approximate surface area is 202 Å². The van der Waals surface area contributed by atoms with Crippen LogP contribution in [0.3, 0.4) is 0 Å². The van der Waals surface area contributed by atoms with Crippen LogP contribution in [0.2, 0.25) is 10.0 Å². The topological polar surface area (TPSA) is 67.1 Å². The van der Waals surface area contributed by atoms with Crippen molar-refractivity contribution in [2.24, 2.45) is 5.92 Å². The number of halogens is 2. The lowest BCUT2D eigenvalue weighted by Gasteiger charge is -2.41. The summed E-state index contributed by atoms with van der Waals surface area (Å²) in [6, 6.07) is 15.2. The van der Waals surface area contributed by atoms with E-state index in [1.807, 2.05) is 53.2 Å². The van der Waals surface area contributed by atoms with E-state index in [0.717, 1.165) is 28.3 Å². The Kier molecular flexibility index (Phi) is 5.77. The van der Waals surface area contributed by atoms with Gasteiger partial charge in [-0.3, -0.25) is 0 Å². The first-order chi connectivity index (χ1) is 15.9. The zero-order chi connectivity index (χ0) is 23.2. The zero-order valence-corrected chi connectivity index (χ0v) is 20.1. The van der Waals surface area contributed by atoms with Crippen molar-refractivity contribution >= 4 is 40.1 Å². The minimum absolute atomic E-state index is 0.209. The van der Waals surface area contributed by atoms with Crippen LogP contribution >= 0.6 is 23.2 Å². The summed E-state index contributed by atoms with van der Waals surface area (Å²) in [6.07, 6.45) is 2.95. The molecule has 0 bridgehead atoms. The zero-order valence-electron chi connectivity index (χ0n) is 18.5. The minimum Gasteiger partial charge on any atom is -0.389 e. The highest BCUT2D eigenvalue weighted by Crippen LogP contribution is 2.37.